The van der Waals surface area contributed by atoms with Crippen molar-refractivity contribution in [2.24, 2.45) is 0 Å². The maximum Gasteiger partial charge on any atom is 0.328 e. The zero-order valence-corrected chi connectivity index (χ0v) is 9.91. The predicted octanol–water partition coefficient (Wildman–Crippen LogP) is 0.178. The molecule has 0 aliphatic heterocycles. The second kappa shape index (κ2) is 5.30. The minimum Gasteiger partial charge on any atom is -0.385 e. The molecular formula is C8H11IN2O3. The molecule has 0 saturated heterocycles. The molecule has 5 nitrogen and oxygen atoms in total. The van der Waals surface area contributed by atoms with Gasteiger partial charge < -0.3 is 4.74 Å². The zero-order valence-electron chi connectivity index (χ0n) is 7.75. The van der Waals surface area contributed by atoms with Crippen LogP contribution in [0.3, 0.4) is 0 Å². The van der Waals surface area contributed by atoms with Crippen molar-refractivity contribution in [1.29, 1.82) is 0 Å². The van der Waals surface area contributed by atoms with E-state index in [1.165, 1.54) is 4.57 Å². The second-order valence-electron chi connectivity index (χ2n) is 2.78. The molecule has 14 heavy (non-hydrogen) atoms. The van der Waals surface area contributed by atoms with E-state index >= 15 is 0 Å². The summed E-state index contributed by atoms with van der Waals surface area (Å²) < 4.78 is 6.86. The molecule has 0 radical (unpaired) electrons. The van der Waals surface area contributed by atoms with Crippen molar-refractivity contribution in [1.82, 2.24) is 9.55 Å². The summed E-state index contributed by atoms with van der Waals surface area (Å²) >= 11 is 1.89. The number of aryl methyl sites for hydroxylation is 1. The Morgan fingerprint density at radius 1 is 1.57 bits per heavy atom. The summed E-state index contributed by atoms with van der Waals surface area (Å²) in [5, 5.41) is 0. The Balaban J connectivity index is 2.82. The molecule has 6 heteroatoms. The van der Waals surface area contributed by atoms with Crippen LogP contribution in [0.1, 0.15) is 6.42 Å². The highest BCUT2D eigenvalue weighted by Gasteiger charge is 2.00. The normalized spacial score (nSPS) is 10.4. The van der Waals surface area contributed by atoms with E-state index in [-0.39, 0.29) is 11.2 Å². The summed E-state index contributed by atoms with van der Waals surface area (Å²) in [6.07, 6.45) is 2.30. The summed E-state index contributed by atoms with van der Waals surface area (Å²) in [6, 6.07) is 0. The molecule has 0 bridgehead atoms. The third-order valence-electron chi connectivity index (χ3n) is 1.71. The smallest absolute Gasteiger partial charge is 0.328 e. The van der Waals surface area contributed by atoms with E-state index in [1.807, 2.05) is 22.6 Å². The number of aromatic amines is 1. The van der Waals surface area contributed by atoms with Gasteiger partial charge in [0.1, 0.15) is 0 Å². The highest BCUT2D eigenvalue weighted by atomic mass is 127. The predicted molar refractivity (Wildman–Crippen MR) is 60.5 cm³/mol. The molecule has 78 valence electrons. The Morgan fingerprint density at radius 3 is 2.93 bits per heavy atom. The lowest BCUT2D eigenvalue weighted by Crippen LogP contribution is -2.31. The van der Waals surface area contributed by atoms with Crippen LogP contribution in [0.15, 0.2) is 15.8 Å². The Labute approximate surface area is 94.2 Å². The van der Waals surface area contributed by atoms with Gasteiger partial charge in [0.25, 0.3) is 5.56 Å². The Morgan fingerprint density at radius 2 is 2.29 bits per heavy atom. The van der Waals surface area contributed by atoms with E-state index in [0.29, 0.717) is 16.7 Å². The summed E-state index contributed by atoms with van der Waals surface area (Å²) in [5.74, 6) is 0. The molecule has 0 unspecified atom stereocenters. The first-order valence-corrected chi connectivity index (χ1v) is 5.21. The maximum atomic E-state index is 11.2. The molecule has 0 saturated carbocycles. The third-order valence-corrected chi connectivity index (χ3v) is 2.48. The van der Waals surface area contributed by atoms with Gasteiger partial charge in [0.2, 0.25) is 0 Å². The van der Waals surface area contributed by atoms with Crippen molar-refractivity contribution in [2.45, 2.75) is 13.0 Å². The van der Waals surface area contributed by atoms with E-state index in [1.54, 1.807) is 13.3 Å². The molecule has 1 rings (SSSR count). The molecule has 0 amide bonds. The van der Waals surface area contributed by atoms with Crippen LogP contribution in [0.4, 0.5) is 0 Å². The number of methoxy groups -OCH3 is 1. The van der Waals surface area contributed by atoms with Gasteiger partial charge >= 0.3 is 5.69 Å². The third kappa shape index (κ3) is 2.95. The average molecular weight is 310 g/mol. The number of H-pyrrole nitrogens is 1. The van der Waals surface area contributed by atoms with Gasteiger partial charge in [-0.1, -0.05) is 0 Å². The number of nitrogens with zero attached hydrogens (tertiary/aromatic N) is 1. The monoisotopic (exact) mass is 310 g/mol. The lowest BCUT2D eigenvalue weighted by atomic mass is 10.4. The van der Waals surface area contributed by atoms with Gasteiger partial charge in [-0.2, -0.15) is 0 Å². The molecule has 1 N–H and O–H groups in total. The van der Waals surface area contributed by atoms with Crippen LogP contribution in [-0.4, -0.2) is 23.3 Å². The fourth-order valence-corrected chi connectivity index (χ4v) is 1.50. The average Bonchev–Trinajstić information content (AvgIpc) is 2.14. The number of hydrogen-bond donors (Lipinski definition) is 1. The van der Waals surface area contributed by atoms with Crippen molar-refractivity contribution < 1.29 is 4.74 Å². The van der Waals surface area contributed by atoms with Gasteiger partial charge in [0, 0.05) is 26.5 Å². The largest absolute Gasteiger partial charge is 0.385 e. The number of ether oxygens (including phenoxy) is 1. The van der Waals surface area contributed by atoms with Gasteiger partial charge in [0.05, 0.1) is 3.57 Å². The number of hydrogen-bond acceptors (Lipinski definition) is 3. The van der Waals surface area contributed by atoms with Gasteiger partial charge in [-0.3, -0.25) is 14.3 Å². The zero-order chi connectivity index (χ0) is 10.6. The van der Waals surface area contributed by atoms with Crippen molar-refractivity contribution in [3.63, 3.8) is 0 Å². The second-order valence-corrected chi connectivity index (χ2v) is 3.94. The van der Waals surface area contributed by atoms with Crippen LogP contribution in [-0.2, 0) is 11.3 Å². The van der Waals surface area contributed by atoms with Crippen LogP contribution in [0.5, 0.6) is 0 Å². The molecule has 0 aliphatic carbocycles. The number of halogens is 1. The number of rotatable bonds is 4. The fraction of sp³-hybridized carbons (Fsp3) is 0.500. The Kier molecular flexibility index (Phi) is 4.33. The molecule has 0 aromatic carbocycles. The van der Waals surface area contributed by atoms with Crippen LogP contribution < -0.4 is 11.2 Å². The molecule has 0 aliphatic rings. The fourth-order valence-electron chi connectivity index (χ4n) is 1.03. The van der Waals surface area contributed by atoms with E-state index in [2.05, 4.69) is 4.98 Å². The minimum atomic E-state index is -0.369. The molecular weight excluding hydrogens is 299 g/mol. The number of aromatic nitrogens is 2. The molecule has 1 aromatic rings. The summed E-state index contributed by atoms with van der Waals surface area (Å²) in [6.45, 7) is 1.15. The van der Waals surface area contributed by atoms with Crippen molar-refractivity contribution in [3.05, 3.63) is 30.6 Å². The van der Waals surface area contributed by atoms with E-state index in [4.69, 9.17) is 4.74 Å². The van der Waals surface area contributed by atoms with Crippen molar-refractivity contribution >= 4 is 22.6 Å². The molecule has 0 spiro atoms. The maximum absolute atomic E-state index is 11.2. The molecule has 1 heterocycles. The standard InChI is InChI=1S/C8H11IN2O3/c1-14-4-2-3-11-5-6(9)7(12)10-8(11)13/h5H,2-4H2,1H3,(H,10,12,13). The summed E-state index contributed by atoms with van der Waals surface area (Å²) in [4.78, 5) is 24.5. The first-order chi connectivity index (χ1) is 6.65. The van der Waals surface area contributed by atoms with Crippen LogP contribution >= 0.6 is 22.6 Å². The first kappa shape index (κ1) is 11.4. The van der Waals surface area contributed by atoms with E-state index < -0.39 is 0 Å². The van der Waals surface area contributed by atoms with Gasteiger partial charge in [-0.05, 0) is 29.0 Å². The lowest BCUT2D eigenvalue weighted by molar-refractivity contribution is 0.189. The van der Waals surface area contributed by atoms with Crippen molar-refractivity contribution in [3.8, 4) is 0 Å². The highest BCUT2D eigenvalue weighted by molar-refractivity contribution is 14.1. The summed E-state index contributed by atoms with van der Waals surface area (Å²) in [7, 11) is 1.61. The molecule has 0 atom stereocenters. The Bertz CT molecular complexity index is 410. The van der Waals surface area contributed by atoms with Crippen LogP contribution in [0.2, 0.25) is 0 Å². The van der Waals surface area contributed by atoms with Crippen molar-refractivity contribution in [2.75, 3.05) is 13.7 Å². The van der Waals surface area contributed by atoms with Gasteiger partial charge in [-0.15, -0.1) is 0 Å². The van der Waals surface area contributed by atoms with Crippen LogP contribution in [0, 0.1) is 3.57 Å². The topological polar surface area (TPSA) is 64.1 Å². The number of nitrogens with one attached hydrogen (secondary N) is 1. The van der Waals surface area contributed by atoms with Crippen LogP contribution in [0.25, 0.3) is 0 Å². The van der Waals surface area contributed by atoms with Gasteiger partial charge in [0.15, 0.2) is 0 Å². The minimum absolute atomic E-state index is 0.335. The molecule has 1 aromatic heterocycles. The van der Waals surface area contributed by atoms with E-state index in [0.717, 1.165) is 6.42 Å². The van der Waals surface area contributed by atoms with Gasteiger partial charge in [-0.25, -0.2) is 4.79 Å². The van der Waals surface area contributed by atoms with E-state index in [9.17, 15) is 9.59 Å². The SMILES string of the molecule is COCCCn1cc(I)c(=O)[nH]c1=O. The summed E-state index contributed by atoms with van der Waals surface area (Å²) in [5.41, 5.74) is -0.704. The highest BCUT2D eigenvalue weighted by Crippen LogP contribution is 1.94. The first-order valence-electron chi connectivity index (χ1n) is 4.13. The lowest BCUT2D eigenvalue weighted by Gasteiger charge is -2.04. The molecule has 0 fully saturated rings. The Hall–Kier alpha value is -0.630. The quantitative estimate of drug-likeness (QED) is 0.637.